The van der Waals surface area contributed by atoms with Gasteiger partial charge >= 0.3 is 0 Å². The molecule has 5 rings (SSSR count). The van der Waals surface area contributed by atoms with Gasteiger partial charge in [-0.05, 0) is 48.0 Å². The van der Waals surface area contributed by atoms with Crippen molar-refractivity contribution in [2.75, 3.05) is 12.4 Å². The molecule has 0 fully saturated rings. The van der Waals surface area contributed by atoms with E-state index in [0.717, 1.165) is 16.5 Å². The fourth-order valence-electron chi connectivity index (χ4n) is 3.59. The Hall–Kier alpha value is -4.65. The van der Waals surface area contributed by atoms with Crippen molar-refractivity contribution in [3.63, 3.8) is 0 Å². The molecular formula is C27H21N3O4. The Morgan fingerprint density at radius 1 is 0.941 bits per heavy atom. The number of anilines is 1. The minimum atomic E-state index is -0.257. The predicted molar refractivity (Wildman–Crippen MR) is 129 cm³/mol. The molecule has 0 unspecified atom stereocenters. The van der Waals surface area contributed by atoms with Crippen LogP contribution in [0.2, 0.25) is 0 Å². The van der Waals surface area contributed by atoms with Gasteiger partial charge in [-0.1, -0.05) is 35.5 Å². The first-order chi connectivity index (χ1) is 16.7. The van der Waals surface area contributed by atoms with Gasteiger partial charge in [0.1, 0.15) is 12.1 Å². The molecule has 0 aliphatic carbocycles. The van der Waals surface area contributed by atoms with Crippen molar-refractivity contribution in [3.8, 4) is 22.8 Å². The monoisotopic (exact) mass is 451 g/mol. The Kier molecular flexibility index (Phi) is 5.90. The first-order valence-electron chi connectivity index (χ1n) is 10.7. The molecular weight excluding hydrogens is 430 g/mol. The van der Waals surface area contributed by atoms with Crippen molar-refractivity contribution in [2.24, 2.45) is 0 Å². The standard InChI is InChI=1S/C27H21N3O4/c1-32-24-10-8-21(16-25(24)33-17-18-11-13-28-14-12-18)29-27(31)20-7-9-23-22(15-20)26(34-30-23)19-5-3-2-4-6-19/h2-16H,17H2,1H3,(H,29,31). The summed E-state index contributed by atoms with van der Waals surface area (Å²) in [6.07, 6.45) is 3.42. The number of rotatable bonds is 7. The third kappa shape index (κ3) is 4.45. The van der Waals surface area contributed by atoms with Crippen LogP contribution in [0.15, 0.2) is 95.8 Å². The smallest absolute Gasteiger partial charge is 0.255 e. The van der Waals surface area contributed by atoms with Crippen molar-refractivity contribution < 1.29 is 18.8 Å². The van der Waals surface area contributed by atoms with E-state index in [2.05, 4.69) is 15.5 Å². The number of nitrogens with one attached hydrogen (secondary N) is 1. The van der Waals surface area contributed by atoms with Gasteiger partial charge < -0.3 is 19.3 Å². The summed E-state index contributed by atoms with van der Waals surface area (Å²) in [4.78, 5) is 17.0. The number of hydrogen-bond acceptors (Lipinski definition) is 6. The number of carbonyl (C=O) groups is 1. The molecule has 34 heavy (non-hydrogen) atoms. The number of carbonyl (C=O) groups excluding carboxylic acids is 1. The highest BCUT2D eigenvalue weighted by molar-refractivity contribution is 6.07. The fraction of sp³-hybridized carbons (Fsp3) is 0.0741. The molecule has 7 nitrogen and oxygen atoms in total. The molecule has 1 amide bonds. The lowest BCUT2D eigenvalue weighted by Gasteiger charge is -2.13. The largest absolute Gasteiger partial charge is 0.493 e. The minimum absolute atomic E-state index is 0.257. The summed E-state index contributed by atoms with van der Waals surface area (Å²) in [7, 11) is 1.57. The molecule has 0 saturated carbocycles. The SMILES string of the molecule is COc1ccc(NC(=O)c2ccc3noc(-c4ccccc4)c3c2)cc1OCc1ccncc1. The van der Waals surface area contributed by atoms with E-state index in [0.29, 0.717) is 40.6 Å². The predicted octanol–water partition coefficient (Wildman–Crippen LogP) is 5.73. The van der Waals surface area contributed by atoms with Crippen LogP contribution in [0.3, 0.4) is 0 Å². The van der Waals surface area contributed by atoms with E-state index in [-0.39, 0.29) is 5.91 Å². The second-order valence-electron chi connectivity index (χ2n) is 7.57. The summed E-state index contributed by atoms with van der Waals surface area (Å²) in [6, 6.07) is 24.0. The molecule has 1 N–H and O–H groups in total. The lowest BCUT2D eigenvalue weighted by Crippen LogP contribution is -2.12. The quantitative estimate of drug-likeness (QED) is 0.340. The van der Waals surface area contributed by atoms with Gasteiger partial charge in [0.05, 0.1) is 12.5 Å². The number of amides is 1. The van der Waals surface area contributed by atoms with Crippen LogP contribution in [0.4, 0.5) is 5.69 Å². The van der Waals surface area contributed by atoms with Gasteiger partial charge in [0.25, 0.3) is 5.91 Å². The van der Waals surface area contributed by atoms with Crippen molar-refractivity contribution in [1.29, 1.82) is 0 Å². The highest BCUT2D eigenvalue weighted by atomic mass is 16.5. The number of benzene rings is 3. The van der Waals surface area contributed by atoms with Crippen LogP contribution in [0.25, 0.3) is 22.2 Å². The van der Waals surface area contributed by atoms with Gasteiger partial charge in [0, 0.05) is 35.3 Å². The van der Waals surface area contributed by atoms with Gasteiger partial charge in [-0.2, -0.15) is 0 Å². The molecule has 5 aromatic rings. The van der Waals surface area contributed by atoms with Crippen LogP contribution in [-0.4, -0.2) is 23.2 Å². The molecule has 7 heteroatoms. The summed E-state index contributed by atoms with van der Waals surface area (Å²) >= 11 is 0. The molecule has 2 aromatic heterocycles. The number of aromatic nitrogens is 2. The van der Waals surface area contributed by atoms with Crippen molar-refractivity contribution >= 4 is 22.5 Å². The summed E-state index contributed by atoms with van der Waals surface area (Å²) < 4.78 is 16.9. The Balaban J connectivity index is 1.37. The molecule has 0 atom stereocenters. The Morgan fingerprint density at radius 2 is 1.76 bits per heavy atom. The van der Waals surface area contributed by atoms with Gasteiger partial charge in [-0.15, -0.1) is 0 Å². The van der Waals surface area contributed by atoms with E-state index in [1.165, 1.54) is 0 Å². The number of pyridine rings is 1. The molecule has 0 spiro atoms. The Labute approximate surface area is 196 Å². The first-order valence-corrected chi connectivity index (χ1v) is 10.7. The van der Waals surface area contributed by atoms with Crippen LogP contribution in [0.1, 0.15) is 15.9 Å². The number of fused-ring (bicyclic) bond motifs is 1. The number of nitrogens with zero attached hydrogens (tertiary/aromatic N) is 2. The highest BCUT2D eigenvalue weighted by Gasteiger charge is 2.15. The Bertz CT molecular complexity index is 1430. The van der Waals surface area contributed by atoms with Gasteiger partial charge in [-0.25, -0.2) is 0 Å². The van der Waals surface area contributed by atoms with Crippen LogP contribution < -0.4 is 14.8 Å². The summed E-state index contributed by atoms with van der Waals surface area (Å²) in [5, 5.41) is 7.82. The third-order valence-electron chi connectivity index (χ3n) is 5.34. The van der Waals surface area contributed by atoms with E-state index in [1.54, 1.807) is 55.9 Å². The molecule has 0 bridgehead atoms. The van der Waals surface area contributed by atoms with Gasteiger partial charge in [-0.3, -0.25) is 9.78 Å². The first kappa shape index (κ1) is 21.2. The van der Waals surface area contributed by atoms with Crippen molar-refractivity contribution in [1.82, 2.24) is 10.1 Å². The average Bonchev–Trinajstić information content (AvgIpc) is 3.32. The van der Waals surface area contributed by atoms with E-state index < -0.39 is 0 Å². The van der Waals surface area contributed by atoms with Crippen LogP contribution >= 0.6 is 0 Å². The van der Waals surface area contributed by atoms with Crippen LogP contribution in [0, 0.1) is 0 Å². The third-order valence-corrected chi connectivity index (χ3v) is 5.34. The summed E-state index contributed by atoms with van der Waals surface area (Å²) in [5.41, 5.74) is 3.63. The second kappa shape index (κ2) is 9.46. The molecule has 2 heterocycles. The molecule has 0 aliphatic heterocycles. The fourth-order valence-corrected chi connectivity index (χ4v) is 3.59. The van der Waals surface area contributed by atoms with Crippen molar-refractivity contribution in [3.05, 3.63) is 102 Å². The topological polar surface area (TPSA) is 86.5 Å². The van der Waals surface area contributed by atoms with Crippen LogP contribution in [0.5, 0.6) is 11.5 Å². The molecule has 0 aliphatic rings. The van der Waals surface area contributed by atoms with E-state index in [4.69, 9.17) is 14.0 Å². The second-order valence-corrected chi connectivity index (χ2v) is 7.57. The highest BCUT2D eigenvalue weighted by Crippen LogP contribution is 2.32. The Morgan fingerprint density at radius 3 is 2.56 bits per heavy atom. The molecule has 0 saturated heterocycles. The lowest BCUT2D eigenvalue weighted by molar-refractivity contribution is 0.102. The van der Waals surface area contributed by atoms with Crippen LogP contribution in [-0.2, 0) is 6.61 Å². The minimum Gasteiger partial charge on any atom is -0.493 e. The number of methoxy groups -OCH3 is 1. The van der Waals surface area contributed by atoms with Gasteiger partial charge in [0.15, 0.2) is 17.3 Å². The average molecular weight is 451 g/mol. The molecule has 0 radical (unpaired) electrons. The number of hydrogen-bond donors (Lipinski definition) is 1. The molecule has 168 valence electrons. The number of ether oxygens (including phenoxy) is 2. The zero-order valence-electron chi connectivity index (χ0n) is 18.4. The summed E-state index contributed by atoms with van der Waals surface area (Å²) in [6.45, 7) is 0.350. The van der Waals surface area contributed by atoms with Gasteiger partial charge in [0.2, 0.25) is 0 Å². The zero-order chi connectivity index (χ0) is 23.3. The lowest BCUT2D eigenvalue weighted by atomic mass is 10.1. The normalized spacial score (nSPS) is 10.7. The maximum atomic E-state index is 13.0. The van der Waals surface area contributed by atoms with E-state index in [9.17, 15) is 4.79 Å². The summed E-state index contributed by atoms with van der Waals surface area (Å²) in [5.74, 6) is 1.47. The zero-order valence-corrected chi connectivity index (χ0v) is 18.4. The van der Waals surface area contributed by atoms with E-state index in [1.807, 2.05) is 42.5 Å². The van der Waals surface area contributed by atoms with E-state index >= 15 is 0 Å². The maximum absolute atomic E-state index is 13.0. The maximum Gasteiger partial charge on any atom is 0.255 e. The molecule has 3 aromatic carbocycles. The van der Waals surface area contributed by atoms with Crippen molar-refractivity contribution in [2.45, 2.75) is 6.61 Å².